The number of benzene rings is 1. The van der Waals surface area contributed by atoms with Gasteiger partial charge in [-0.2, -0.15) is 0 Å². The Kier molecular flexibility index (Phi) is 7.25. The first-order chi connectivity index (χ1) is 12.1. The topological polar surface area (TPSA) is 78.9 Å². The van der Waals surface area contributed by atoms with Crippen molar-refractivity contribution in [3.05, 3.63) is 35.9 Å². The van der Waals surface area contributed by atoms with E-state index in [1.54, 1.807) is 4.90 Å². The number of nitrogens with one attached hydrogen (secondary N) is 1. The van der Waals surface area contributed by atoms with E-state index < -0.39 is 11.6 Å². The van der Waals surface area contributed by atoms with Gasteiger partial charge in [-0.15, -0.1) is 0 Å². The molecule has 0 bridgehead atoms. The van der Waals surface area contributed by atoms with E-state index in [0.717, 1.165) is 18.4 Å². The first-order valence-electron chi connectivity index (χ1n) is 9.00. The van der Waals surface area contributed by atoms with E-state index in [0.29, 0.717) is 32.4 Å². The molecule has 0 aromatic heterocycles. The summed E-state index contributed by atoms with van der Waals surface area (Å²) >= 11 is 0. The van der Waals surface area contributed by atoms with Crippen molar-refractivity contribution in [2.24, 2.45) is 0 Å². The molecule has 6 nitrogen and oxygen atoms in total. The number of nitrogens with zero attached hydrogens (tertiary/aromatic N) is 1. The number of carbonyl (C=O) groups excluding carboxylic acids is 2. The van der Waals surface area contributed by atoms with Crippen molar-refractivity contribution in [1.82, 2.24) is 10.2 Å². The quantitative estimate of drug-likeness (QED) is 0.718. The Labute approximate surface area is 149 Å². The molecular formula is C19H28N2O4. The van der Waals surface area contributed by atoms with Gasteiger partial charge in [0.25, 0.3) is 0 Å². The summed E-state index contributed by atoms with van der Waals surface area (Å²) < 4.78 is 5.28. The molecule has 6 heteroatoms. The van der Waals surface area contributed by atoms with Crippen LogP contribution in [0.2, 0.25) is 0 Å². The van der Waals surface area contributed by atoms with Crippen molar-refractivity contribution in [2.75, 3.05) is 19.7 Å². The first kappa shape index (κ1) is 19.2. The molecule has 1 aliphatic rings. The molecule has 0 aliphatic carbocycles. The second-order valence-electron chi connectivity index (χ2n) is 6.49. The molecule has 1 unspecified atom stereocenters. The van der Waals surface area contributed by atoms with Crippen LogP contribution in [-0.4, -0.2) is 47.2 Å². The lowest BCUT2D eigenvalue weighted by Crippen LogP contribution is -2.54. The maximum absolute atomic E-state index is 12.8. The second-order valence-corrected chi connectivity index (χ2v) is 6.49. The Balaban J connectivity index is 1.97. The number of hydrogen-bond donors (Lipinski definition) is 2. The number of unbranched alkanes of at least 4 members (excludes halogenated alkanes) is 1. The molecule has 1 heterocycles. The van der Waals surface area contributed by atoms with Crippen molar-refractivity contribution in [2.45, 2.75) is 51.2 Å². The summed E-state index contributed by atoms with van der Waals surface area (Å²) in [6, 6.07) is 9.41. The van der Waals surface area contributed by atoms with Crippen LogP contribution < -0.4 is 5.32 Å². The third-order valence-electron chi connectivity index (χ3n) is 4.60. The van der Waals surface area contributed by atoms with E-state index in [9.17, 15) is 9.59 Å². The molecular weight excluding hydrogens is 320 g/mol. The highest BCUT2D eigenvalue weighted by molar-refractivity contribution is 5.91. The van der Waals surface area contributed by atoms with E-state index in [1.807, 2.05) is 30.3 Å². The van der Waals surface area contributed by atoms with Crippen molar-refractivity contribution >= 4 is 12.0 Å². The van der Waals surface area contributed by atoms with Crippen molar-refractivity contribution < 1.29 is 19.4 Å². The van der Waals surface area contributed by atoms with Gasteiger partial charge in [0.2, 0.25) is 5.91 Å². The normalized spacial score (nSPS) is 19.9. The van der Waals surface area contributed by atoms with Crippen LogP contribution in [0.3, 0.4) is 0 Å². The summed E-state index contributed by atoms with van der Waals surface area (Å²) in [7, 11) is 0. The summed E-state index contributed by atoms with van der Waals surface area (Å²) in [6.45, 7) is 3.57. The van der Waals surface area contributed by atoms with Crippen LogP contribution in [0.1, 0.15) is 44.6 Å². The largest absolute Gasteiger partial charge is 0.445 e. The van der Waals surface area contributed by atoms with Crippen molar-refractivity contribution in [3.8, 4) is 0 Å². The number of carbonyl (C=O) groups is 2. The predicted molar refractivity (Wildman–Crippen MR) is 94.9 cm³/mol. The number of aliphatic hydroxyl groups excluding tert-OH is 1. The van der Waals surface area contributed by atoms with Crippen LogP contribution >= 0.6 is 0 Å². The van der Waals surface area contributed by atoms with Crippen molar-refractivity contribution in [1.29, 1.82) is 0 Å². The number of hydrogen-bond acceptors (Lipinski definition) is 4. The molecule has 1 aromatic rings. The van der Waals surface area contributed by atoms with Crippen LogP contribution in [0.15, 0.2) is 30.3 Å². The Hall–Kier alpha value is -2.08. The molecule has 0 saturated carbocycles. The number of ether oxygens (including phenoxy) is 1. The fourth-order valence-corrected chi connectivity index (χ4v) is 3.15. The zero-order chi connectivity index (χ0) is 18.1. The maximum Gasteiger partial charge on any atom is 0.408 e. The van der Waals surface area contributed by atoms with Crippen LogP contribution in [0.4, 0.5) is 4.79 Å². The number of likely N-dealkylation sites (tertiary alicyclic amines) is 1. The van der Waals surface area contributed by atoms with Gasteiger partial charge in [-0.05, 0) is 31.2 Å². The van der Waals surface area contributed by atoms with Gasteiger partial charge in [0.1, 0.15) is 12.1 Å². The summed E-state index contributed by atoms with van der Waals surface area (Å²) in [4.78, 5) is 26.9. The highest BCUT2D eigenvalue weighted by Crippen LogP contribution is 2.28. The number of amides is 2. The van der Waals surface area contributed by atoms with Gasteiger partial charge in [0.05, 0.1) is 0 Å². The van der Waals surface area contributed by atoms with Crippen LogP contribution in [-0.2, 0) is 16.1 Å². The lowest BCUT2D eigenvalue weighted by molar-refractivity contribution is -0.133. The minimum atomic E-state index is -0.954. The van der Waals surface area contributed by atoms with E-state index in [4.69, 9.17) is 9.84 Å². The van der Waals surface area contributed by atoms with Gasteiger partial charge >= 0.3 is 6.09 Å². The molecule has 1 aromatic carbocycles. The fourth-order valence-electron chi connectivity index (χ4n) is 3.15. The zero-order valence-corrected chi connectivity index (χ0v) is 14.9. The molecule has 2 rings (SSSR count). The van der Waals surface area contributed by atoms with Gasteiger partial charge in [-0.1, -0.05) is 43.7 Å². The Morgan fingerprint density at radius 1 is 1.32 bits per heavy atom. The highest BCUT2D eigenvalue weighted by atomic mass is 16.5. The Morgan fingerprint density at radius 2 is 2.08 bits per heavy atom. The highest BCUT2D eigenvalue weighted by Gasteiger charge is 2.47. The second kappa shape index (κ2) is 9.42. The molecule has 25 heavy (non-hydrogen) atoms. The van der Waals surface area contributed by atoms with Gasteiger partial charge in [-0.25, -0.2) is 4.79 Å². The maximum atomic E-state index is 12.8. The molecule has 2 N–H and O–H groups in total. The summed E-state index contributed by atoms with van der Waals surface area (Å²) in [5, 5.41) is 11.9. The molecule has 1 fully saturated rings. The number of rotatable bonds is 9. The average Bonchev–Trinajstić information content (AvgIpc) is 2.93. The minimum Gasteiger partial charge on any atom is -0.445 e. The molecule has 2 amide bonds. The molecule has 1 atom stereocenters. The fraction of sp³-hybridized carbons (Fsp3) is 0.579. The van der Waals surface area contributed by atoms with E-state index >= 15 is 0 Å². The zero-order valence-electron chi connectivity index (χ0n) is 14.9. The number of alkyl carbamates (subject to hydrolysis) is 1. The van der Waals surface area contributed by atoms with Gasteiger partial charge in [0, 0.05) is 19.7 Å². The smallest absolute Gasteiger partial charge is 0.408 e. The summed E-state index contributed by atoms with van der Waals surface area (Å²) in [5.41, 5.74) is -0.0612. The molecule has 138 valence electrons. The predicted octanol–water partition coefficient (Wildman–Crippen LogP) is 2.46. The Bertz CT molecular complexity index is 564. The van der Waals surface area contributed by atoms with Crippen LogP contribution in [0.5, 0.6) is 0 Å². The molecule has 1 aliphatic heterocycles. The van der Waals surface area contributed by atoms with E-state index in [2.05, 4.69) is 12.2 Å². The van der Waals surface area contributed by atoms with Crippen LogP contribution in [0.25, 0.3) is 0 Å². The molecule has 1 saturated heterocycles. The SMILES string of the molecule is CCCCN1CCC(CCCO)(NC(=O)OCc2ccccc2)C1=O. The molecule has 0 radical (unpaired) electrons. The van der Waals surface area contributed by atoms with Crippen LogP contribution in [0, 0.1) is 0 Å². The van der Waals surface area contributed by atoms with E-state index in [-0.39, 0.29) is 19.1 Å². The average molecular weight is 348 g/mol. The van der Waals surface area contributed by atoms with Gasteiger partial charge < -0.3 is 20.1 Å². The lowest BCUT2D eigenvalue weighted by Gasteiger charge is -2.28. The standard InChI is InChI=1S/C19H28N2O4/c1-2-3-12-21-13-11-19(17(21)23,10-7-14-22)20-18(24)25-15-16-8-5-4-6-9-16/h4-6,8-9,22H,2-3,7,10-15H2,1H3,(H,20,24). The lowest BCUT2D eigenvalue weighted by atomic mass is 9.92. The van der Waals surface area contributed by atoms with Gasteiger partial charge in [-0.3, -0.25) is 4.79 Å². The molecule has 0 spiro atoms. The third kappa shape index (κ3) is 5.19. The Morgan fingerprint density at radius 3 is 2.76 bits per heavy atom. The summed E-state index contributed by atoms with van der Waals surface area (Å²) in [6.07, 6.45) is 2.81. The monoisotopic (exact) mass is 348 g/mol. The summed E-state index contributed by atoms with van der Waals surface area (Å²) in [5.74, 6) is -0.0638. The van der Waals surface area contributed by atoms with E-state index in [1.165, 1.54) is 0 Å². The third-order valence-corrected chi connectivity index (χ3v) is 4.60. The van der Waals surface area contributed by atoms with Crippen molar-refractivity contribution in [3.63, 3.8) is 0 Å². The number of aliphatic hydroxyl groups is 1. The first-order valence-corrected chi connectivity index (χ1v) is 9.00. The van der Waals surface area contributed by atoms with Gasteiger partial charge in [0.15, 0.2) is 0 Å². The minimum absolute atomic E-state index is 0.00919.